The number of carbonyl (C=O) groups excluding carboxylic acids is 1. The average molecular weight is 333 g/mol. The van der Waals surface area contributed by atoms with Crippen molar-refractivity contribution in [2.75, 3.05) is 26.9 Å². The fourth-order valence-electron chi connectivity index (χ4n) is 0.848. The Bertz CT molecular complexity index is 628. The van der Waals surface area contributed by atoms with Crippen molar-refractivity contribution in [3.63, 3.8) is 0 Å². The van der Waals surface area contributed by atoms with Crippen LogP contribution in [0.2, 0.25) is 0 Å². The smallest absolute Gasteiger partial charge is 0.289 e. The quantitative estimate of drug-likeness (QED) is 0.469. The molecular weight excluding hydrogens is 321 g/mol. The van der Waals surface area contributed by atoms with E-state index in [0.717, 1.165) is 7.05 Å². The normalized spacial score (nSPS) is 11.0. The second kappa shape index (κ2) is 8.49. The molecule has 0 aromatic carbocycles. The molecule has 0 rings (SSSR count). The molecule has 0 aliphatic rings. The molecule has 114 valence electrons. The SMILES string of the molecule is C#CCOP(=O)(OCC#C)C(=O)N(C)S(=O)(=O)OCC#C. The maximum atomic E-state index is 12.2. The highest BCUT2D eigenvalue weighted by atomic mass is 32.2. The standard InChI is InChI=1S/C11H12NO7PS/c1-5-8-17-20(14,18-9-6-2)11(13)12(4)21(15,16)19-10-7-3/h1-3H,8-10H2,4H3. The van der Waals surface area contributed by atoms with Crippen LogP contribution in [0.15, 0.2) is 0 Å². The lowest BCUT2D eigenvalue weighted by Gasteiger charge is -2.21. The van der Waals surface area contributed by atoms with Crippen LogP contribution in [-0.4, -0.2) is 45.2 Å². The third kappa shape index (κ3) is 5.61. The molecule has 0 aliphatic heterocycles. The maximum Gasteiger partial charge on any atom is 0.421 e. The molecule has 0 heterocycles. The molecule has 0 N–H and O–H groups in total. The van der Waals surface area contributed by atoms with E-state index in [1.807, 2.05) is 17.8 Å². The Labute approximate surface area is 123 Å². The summed E-state index contributed by atoms with van der Waals surface area (Å²) in [6, 6.07) is 0. The molecule has 1 amide bonds. The Hall–Kier alpha value is -1.79. The number of rotatable bonds is 8. The Balaban J connectivity index is 5.31. The first-order valence-corrected chi connectivity index (χ1v) is 8.03. The van der Waals surface area contributed by atoms with Gasteiger partial charge in [0.05, 0.1) is 0 Å². The van der Waals surface area contributed by atoms with Gasteiger partial charge in [-0.15, -0.1) is 19.3 Å². The van der Waals surface area contributed by atoms with E-state index in [4.69, 9.17) is 19.3 Å². The fourth-order valence-corrected chi connectivity index (χ4v) is 3.14. The van der Waals surface area contributed by atoms with E-state index in [1.54, 1.807) is 0 Å². The van der Waals surface area contributed by atoms with Crippen LogP contribution in [0.25, 0.3) is 0 Å². The summed E-state index contributed by atoms with van der Waals surface area (Å²) >= 11 is 0. The van der Waals surface area contributed by atoms with Gasteiger partial charge in [-0.25, -0.2) is 13.1 Å². The molecule has 0 saturated heterocycles. The molecule has 0 bridgehead atoms. The zero-order valence-corrected chi connectivity index (χ0v) is 12.7. The van der Waals surface area contributed by atoms with Crippen LogP contribution < -0.4 is 0 Å². The van der Waals surface area contributed by atoms with Gasteiger partial charge >= 0.3 is 23.5 Å². The van der Waals surface area contributed by atoms with Crippen molar-refractivity contribution in [2.45, 2.75) is 0 Å². The highest BCUT2D eigenvalue weighted by molar-refractivity contribution is 7.87. The summed E-state index contributed by atoms with van der Waals surface area (Å²) in [6.45, 7) is -1.71. The molecule has 0 aromatic heterocycles. The van der Waals surface area contributed by atoms with Gasteiger partial charge in [-0.2, -0.15) is 8.42 Å². The molecule has 0 spiro atoms. The minimum absolute atomic E-state index is 0.0398. The van der Waals surface area contributed by atoms with Crippen LogP contribution in [0.3, 0.4) is 0 Å². The van der Waals surface area contributed by atoms with E-state index >= 15 is 0 Å². The average Bonchev–Trinajstić information content (AvgIpc) is 2.47. The first-order chi connectivity index (χ1) is 9.75. The third-order valence-electron chi connectivity index (χ3n) is 1.77. The largest absolute Gasteiger partial charge is 0.421 e. The van der Waals surface area contributed by atoms with Gasteiger partial charge in [-0.3, -0.25) is 13.8 Å². The lowest BCUT2D eigenvalue weighted by molar-refractivity contribution is 0.209. The van der Waals surface area contributed by atoms with E-state index in [-0.39, 0.29) is 4.31 Å². The lowest BCUT2D eigenvalue weighted by atomic mass is 10.8. The molecule has 0 unspecified atom stereocenters. The molecule has 0 saturated carbocycles. The van der Waals surface area contributed by atoms with Gasteiger partial charge in [0.15, 0.2) is 0 Å². The summed E-state index contributed by atoms with van der Waals surface area (Å²) in [5.74, 6) is 5.83. The van der Waals surface area contributed by atoms with E-state index in [9.17, 15) is 17.8 Å². The second-order valence-electron chi connectivity index (χ2n) is 3.13. The number of hydrogen-bond acceptors (Lipinski definition) is 7. The minimum atomic E-state index is -4.55. The number of nitrogens with zero attached hydrogens (tertiary/aromatic N) is 1. The Kier molecular flexibility index (Phi) is 7.76. The molecule has 0 aliphatic carbocycles. The second-order valence-corrected chi connectivity index (χ2v) is 6.66. The number of hydrogen-bond donors (Lipinski definition) is 0. The number of terminal acetylenes is 3. The molecule has 8 nitrogen and oxygen atoms in total. The Morgan fingerprint density at radius 1 is 1.10 bits per heavy atom. The summed E-state index contributed by atoms with van der Waals surface area (Å²) in [5.41, 5.74) is -1.51. The third-order valence-corrected chi connectivity index (χ3v) is 4.86. The number of carbonyl (C=O) groups is 1. The summed E-state index contributed by atoms with van der Waals surface area (Å²) in [5, 5.41) is 0. The van der Waals surface area contributed by atoms with Gasteiger partial charge in [0, 0.05) is 7.05 Å². The predicted octanol–water partition coefficient (Wildman–Crippen LogP) is 0.426. The van der Waals surface area contributed by atoms with Crippen molar-refractivity contribution in [3.8, 4) is 37.0 Å². The van der Waals surface area contributed by atoms with Crippen LogP contribution in [0.4, 0.5) is 4.79 Å². The van der Waals surface area contributed by atoms with E-state index < -0.39 is 43.4 Å². The summed E-state index contributed by atoms with van der Waals surface area (Å²) in [6.07, 6.45) is 14.7. The zero-order valence-electron chi connectivity index (χ0n) is 11.0. The van der Waals surface area contributed by atoms with Crippen LogP contribution in [0, 0.1) is 37.0 Å². The topological polar surface area (TPSA) is 99.2 Å². The van der Waals surface area contributed by atoms with Crippen molar-refractivity contribution >= 4 is 23.5 Å². The fraction of sp³-hybridized carbons (Fsp3) is 0.364. The van der Waals surface area contributed by atoms with E-state index in [2.05, 4.69) is 13.2 Å². The van der Waals surface area contributed by atoms with Crippen molar-refractivity contribution in [3.05, 3.63) is 0 Å². The number of amides is 1. The summed E-state index contributed by atoms with van der Waals surface area (Å²) < 4.78 is 49.0. The Morgan fingerprint density at radius 3 is 1.90 bits per heavy atom. The van der Waals surface area contributed by atoms with Crippen molar-refractivity contribution in [2.24, 2.45) is 0 Å². The van der Waals surface area contributed by atoms with Crippen LogP contribution in [0.1, 0.15) is 0 Å². The molecule has 0 atom stereocenters. The highest BCUT2D eigenvalue weighted by Crippen LogP contribution is 2.50. The van der Waals surface area contributed by atoms with Crippen LogP contribution in [0.5, 0.6) is 0 Å². The zero-order chi connectivity index (χ0) is 16.5. The van der Waals surface area contributed by atoms with Gasteiger partial charge in [-0.1, -0.05) is 17.8 Å². The maximum absolute atomic E-state index is 12.2. The van der Waals surface area contributed by atoms with E-state index in [1.165, 1.54) is 0 Å². The van der Waals surface area contributed by atoms with Gasteiger partial charge in [-0.05, 0) is 0 Å². The molecule has 0 aromatic rings. The Morgan fingerprint density at radius 2 is 1.52 bits per heavy atom. The first-order valence-electron chi connectivity index (χ1n) is 5.12. The van der Waals surface area contributed by atoms with Gasteiger partial charge in [0.1, 0.15) is 19.8 Å². The van der Waals surface area contributed by atoms with Gasteiger partial charge in [0.25, 0.3) is 0 Å². The van der Waals surface area contributed by atoms with Crippen molar-refractivity contribution in [1.29, 1.82) is 0 Å². The van der Waals surface area contributed by atoms with Crippen molar-refractivity contribution in [1.82, 2.24) is 4.31 Å². The minimum Gasteiger partial charge on any atom is -0.289 e. The summed E-state index contributed by atoms with van der Waals surface area (Å²) in [7, 11) is -8.30. The molecule has 0 radical (unpaired) electrons. The summed E-state index contributed by atoms with van der Waals surface area (Å²) in [4.78, 5) is 12.0. The molecular formula is C11H12NO7PS. The van der Waals surface area contributed by atoms with Crippen LogP contribution in [-0.2, 0) is 28.1 Å². The predicted molar refractivity (Wildman–Crippen MR) is 74.0 cm³/mol. The lowest BCUT2D eigenvalue weighted by Crippen LogP contribution is -2.34. The molecule has 0 fully saturated rings. The molecule has 21 heavy (non-hydrogen) atoms. The van der Waals surface area contributed by atoms with Gasteiger partial charge in [0.2, 0.25) is 0 Å². The van der Waals surface area contributed by atoms with Crippen LogP contribution >= 0.6 is 7.60 Å². The van der Waals surface area contributed by atoms with E-state index in [0.29, 0.717) is 0 Å². The highest BCUT2D eigenvalue weighted by Gasteiger charge is 2.42. The monoisotopic (exact) mass is 333 g/mol. The first kappa shape index (κ1) is 19.2. The van der Waals surface area contributed by atoms with Gasteiger partial charge < -0.3 is 0 Å². The van der Waals surface area contributed by atoms with Crippen molar-refractivity contribution < 1.29 is 31.0 Å². The molecule has 10 heteroatoms.